The Morgan fingerprint density at radius 3 is 3.27 bits per heavy atom. The van der Waals surface area contributed by atoms with Gasteiger partial charge < -0.3 is 14.8 Å². The van der Waals surface area contributed by atoms with E-state index in [1.54, 1.807) is 24.3 Å². The zero-order valence-corrected chi connectivity index (χ0v) is 8.16. The molecule has 0 spiro atoms. The van der Waals surface area contributed by atoms with E-state index in [0.29, 0.717) is 23.8 Å². The number of benzene rings is 1. The maximum Gasteiger partial charge on any atom is 0.262 e. The Morgan fingerprint density at radius 1 is 1.60 bits per heavy atom. The predicted molar refractivity (Wildman–Crippen MR) is 56.3 cm³/mol. The fourth-order valence-corrected chi connectivity index (χ4v) is 1.30. The lowest BCUT2D eigenvalue weighted by molar-refractivity contribution is -0.118. The topological polar surface area (TPSA) is 47.6 Å². The van der Waals surface area contributed by atoms with E-state index in [1.807, 2.05) is 0 Å². The molecule has 0 aromatic heterocycles. The highest BCUT2D eigenvalue weighted by Gasteiger charge is 2.15. The summed E-state index contributed by atoms with van der Waals surface area (Å²) in [6, 6.07) is 5.28. The van der Waals surface area contributed by atoms with Gasteiger partial charge >= 0.3 is 0 Å². The number of fused-ring (bicyclic) bond motifs is 1. The largest absolute Gasteiger partial charge is 0.489 e. The maximum atomic E-state index is 11.0. The highest BCUT2D eigenvalue weighted by atomic mass is 16.5. The Morgan fingerprint density at radius 2 is 2.47 bits per heavy atom. The molecule has 1 amide bonds. The predicted octanol–water partition coefficient (Wildman–Crippen LogP) is 1.58. The number of nitrogens with one attached hydrogen (secondary N) is 1. The van der Waals surface area contributed by atoms with Crippen LogP contribution >= 0.6 is 0 Å². The third-order valence-corrected chi connectivity index (χ3v) is 1.95. The van der Waals surface area contributed by atoms with Crippen LogP contribution in [0.3, 0.4) is 0 Å². The van der Waals surface area contributed by atoms with Gasteiger partial charge in [0.25, 0.3) is 5.91 Å². The molecule has 4 heteroatoms. The van der Waals surface area contributed by atoms with Crippen molar-refractivity contribution in [3.05, 3.63) is 30.9 Å². The molecular formula is C11H11NO3. The minimum Gasteiger partial charge on any atom is -0.489 e. The van der Waals surface area contributed by atoms with Gasteiger partial charge in [0.15, 0.2) is 6.61 Å². The van der Waals surface area contributed by atoms with Crippen molar-refractivity contribution in [3.8, 4) is 11.5 Å². The van der Waals surface area contributed by atoms with Gasteiger partial charge in [-0.1, -0.05) is 12.7 Å². The molecule has 0 atom stereocenters. The molecule has 78 valence electrons. The van der Waals surface area contributed by atoms with Crippen LogP contribution in [-0.4, -0.2) is 19.1 Å². The molecule has 0 saturated carbocycles. The van der Waals surface area contributed by atoms with E-state index < -0.39 is 0 Å². The molecule has 1 aromatic rings. The first kappa shape index (κ1) is 9.58. The monoisotopic (exact) mass is 205 g/mol. The Kier molecular flexibility index (Phi) is 2.58. The molecule has 1 aliphatic rings. The van der Waals surface area contributed by atoms with E-state index in [-0.39, 0.29) is 12.5 Å². The summed E-state index contributed by atoms with van der Waals surface area (Å²) in [4.78, 5) is 11.0. The number of rotatable bonds is 3. The van der Waals surface area contributed by atoms with Crippen molar-refractivity contribution in [2.75, 3.05) is 18.5 Å². The molecule has 2 rings (SSSR count). The molecule has 0 fully saturated rings. The molecular weight excluding hydrogens is 194 g/mol. The van der Waals surface area contributed by atoms with E-state index in [1.165, 1.54) is 0 Å². The quantitative estimate of drug-likeness (QED) is 0.762. The highest BCUT2D eigenvalue weighted by molar-refractivity contribution is 5.95. The summed E-state index contributed by atoms with van der Waals surface area (Å²) in [6.07, 6.45) is 1.67. The number of ether oxygens (including phenoxy) is 2. The van der Waals surface area contributed by atoms with Gasteiger partial charge in [0, 0.05) is 6.07 Å². The van der Waals surface area contributed by atoms with Crippen molar-refractivity contribution in [2.24, 2.45) is 0 Å². The molecule has 0 unspecified atom stereocenters. The molecule has 1 aliphatic heterocycles. The molecule has 1 aromatic carbocycles. The van der Waals surface area contributed by atoms with Gasteiger partial charge in [0.2, 0.25) is 0 Å². The first-order valence-corrected chi connectivity index (χ1v) is 4.60. The number of carbonyl (C=O) groups excluding carboxylic acids is 1. The van der Waals surface area contributed by atoms with Crippen molar-refractivity contribution in [3.63, 3.8) is 0 Å². The summed E-state index contributed by atoms with van der Waals surface area (Å²) < 4.78 is 10.6. The standard InChI is InChI=1S/C11H11NO3/c1-2-5-14-8-3-4-9-10(6-8)15-7-11(13)12-9/h2-4,6H,1,5,7H2,(H,12,13). The first-order valence-electron chi connectivity index (χ1n) is 4.60. The van der Waals surface area contributed by atoms with Crippen LogP contribution in [0.1, 0.15) is 0 Å². The Hall–Kier alpha value is -1.97. The zero-order valence-electron chi connectivity index (χ0n) is 8.16. The third kappa shape index (κ3) is 2.10. The minimum absolute atomic E-state index is 0.0535. The van der Waals surface area contributed by atoms with Crippen LogP contribution in [0.25, 0.3) is 0 Å². The Balaban J connectivity index is 2.19. The second kappa shape index (κ2) is 4.04. The van der Waals surface area contributed by atoms with Gasteiger partial charge in [-0.15, -0.1) is 0 Å². The van der Waals surface area contributed by atoms with Gasteiger partial charge in [-0.25, -0.2) is 0 Å². The average Bonchev–Trinajstić information content (AvgIpc) is 2.26. The van der Waals surface area contributed by atoms with Crippen LogP contribution in [0.5, 0.6) is 11.5 Å². The summed E-state index contributed by atoms with van der Waals surface area (Å²) in [5, 5.41) is 2.70. The van der Waals surface area contributed by atoms with E-state index in [4.69, 9.17) is 9.47 Å². The summed E-state index contributed by atoms with van der Waals surface area (Å²) >= 11 is 0. The number of hydrogen-bond donors (Lipinski definition) is 1. The summed E-state index contributed by atoms with van der Waals surface area (Å²) in [6.45, 7) is 4.06. The molecule has 15 heavy (non-hydrogen) atoms. The van der Waals surface area contributed by atoms with Gasteiger partial charge in [-0.05, 0) is 12.1 Å². The fraction of sp³-hybridized carbons (Fsp3) is 0.182. The number of amides is 1. The van der Waals surface area contributed by atoms with Gasteiger partial charge in [-0.3, -0.25) is 4.79 Å². The number of carbonyl (C=O) groups is 1. The highest BCUT2D eigenvalue weighted by Crippen LogP contribution is 2.31. The average molecular weight is 205 g/mol. The number of anilines is 1. The van der Waals surface area contributed by atoms with E-state index in [2.05, 4.69) is 11.9 Å². The van der Waals surface area contributed by atoms with E-state index in [9.17, 15) is 4.79 Å². The smallest absolute Gasteiger partial charge is 0.262 e. The Bertz CT molecular complexity index is 401. The van der Waals surface area contributed by atoms with Crippen LogP contribution in [0.15, 0.2) is 30.9 Å². The molecule has 0 radical (unpaired) electrons. The lowest BCUT2D eigenvalue weighted by atomic mass is 10.2. The van der Waals surface area contributed by atoms with Crippen LogP contribution in [0.2, 0.25) is 0 Å². The summed E-state index contributed by atoms with van der Waals surface area (Å²) in [7, 11) is 0. The first-order chi connectivity index (χ1) is 7.29. The van der Waals surface area contributed by atoms with Gasteiger partial charge in [0.1, 0.15) is 18.1 Å². The van der Waals surface area contributed by atoms with Crippen LogP contribution in [-0.2, 0) is 4.79 Å². The van der Waals surface area contributed by atoms with Crippen LogP contribution in [0, 0.1) is 0 Å². The molecule has 1 heterocycles. The minimum atomic E-state index is -0.137. The van der Waals surface area contributed by atoms with Gasteiger partial charge in [0.05, 0.1) is 5.69 Å². The molecule has 1 N–H and O–H groups in total. The van der Waals surface area contributed by atoms with E-state index >= 15 is 0 Å². The Labute approximate surface area is 87.5 Å². The molecule has 0 aliphatic carbocycles. The molecule has 0 bridgehead atoms. The van der Waals surface area contributed by atoms with Crippen LogP contribution in [0.4, 0.5) is 5.69 Å². The molecule has 4 nitrogen and oxygen atoms in total. The summed E-state index contributed by atoms with van der Waals surface area (Å²) in [5.41, 5.74) is 0.678. The van der Waals surface area contributed by atoms with Crippen molar-refractivity contribution >= 4 is 11.6 Å². The lowest BCUT2D eigenvalue weighted by Gasteiger charge is -2.18. The second-order valence-corrected chi connectivity index (χ2v) is 3.09. The maximum absolute atomic E-state index is 11.0. The van der Waals surface area contributed by atoms with E-state index in [0.717, 1.165) is 0 Å². The summed E-state index contributed by atoms with van der Waals surface area (Å²) in [5.74, 6) is 1.20. The van der Waals surface area contributed by atoms with Gasteiger partial charge in [-0.2, -0.15) is 0 Å². The second-order valence-electron chi connectivity index (χ2n) is 3.09. The SMILES string of the molecule is C=CCOc1ccc2c(c1)OCC(=O)N2. The normalized spacial score (nSPS) is 13.5. The zero-order chi connectivity index (χ0) is 10.7. The lowest BCUT2D eigenvalue weighted by Crippen LogP contribution is -2.25. The van der Waals surface area contributed by atoms with Crippen molar-refractivity contribution < 1.29 is 14.3 Å². The fourth-order valence-electron chi connectivity index (χ4n) is 1.30. The molecule has 0 saturated heterocycles. The van der Waals surface area contributed by atoms with Crippen molar-refractivity contribution in [1.82, 2.24) is 0 Å². The van der Waals surface area contributed by atoms with Crippen LogP contribution < -0.4 is 14.8 Å². The third-order valence-electron chi connectivity index (χ3n) is 1.95. The number of hydrogen-bond acceptors (Lipinski definition) is 3. The van der Waals surface area contributed by atoms with Crippen molar-refractivity contribution in [1.29, 1.82) is 0 Å². The van der Waals surface area contributed by atoms with Crippen molar-refractivity contribution in [2.45, 2.75) is 0 Å².